The Labute approximate surface area is 230 Å². The van der Waals surface area contributed by atoms with Gasteiger partial charge in [-0.05, 0) is 83.9 Å². The number of carbonyl (C=O) groups is 2. The van der Waals surface area contributed by atoms with Crippen LogP contribution in [0, 0.1) is 13.8 Å². The van der Waals surface area contributed by atoms with Crippen LogP contribution in [0.2, 0.25) is 0 Å². The van der Waals surface area contributed by atoms with E-state index in [1.165, 1.54) is 4.90 Å². The Hall–Kier alpha value is -4.06. The zero-order valence-corrected chi connectivity index (χ0v) is 23.7. The zero-order chi connectivity index (χ0) is 28.5. The third-order valence-corrected chi connectivity index (χ3v) is 6.44. The average molecular weight is 528 g/mol. The molecular formula is C33H37NO5. The standard InChI is InChI=1S/C33H37NO5/c1-20(2)38-26-16-15-24(18-22(26)4)30(35)28-29(23-13-10-11-21(3)17-23)34(32(37)31(28)36)19-25-12-8-9-14-27(25)39-33(5,6)7/h8-18,20,29,35H,19H2,1-7H3/b30-28-. The Morgan fingerprint density at radius 2 is 1.67 bits per heavy atom. The van der Waals surface area contributed by atoms with Crippen LogP contribution in [-0.4, -0.2) is 33.4 Å². The molecule has 1 heterocycles. The summed E-state index contributed by atoms with van der Waals surface area (Å²) in [5, 5.41) is 11.5. The number of para-hydroxylation sites is 1. The Morgan fingerprint density at radius 3 is 2.31 bits per heavy atom. The predicted molar refractivity (Wildman–Crippen MR) is 153 cm³/mol. The molecule has 1 amide bonds. The number of aliphatic hydroxyl groups is 1. The summed E-state index contributed by atoms with van der Waals surface area (Å²) in [5.41, 5.74) is 3.42. The van der Waals surface area contributed by atoms with Gasteiger partial charge in [-0.25, -0.2) is 0 Å². The molecular weight excluding hydrogens is 490 g/mol. The highest BCUT2D eigenvalue weighted by Gasteiger charge is 2.46. The summed E-state index contributed by atoms with van der Waals surface area (Å²) in [5.74, 6) is -0.238. The number of hydrogen-bond donors (Lipinski definition) is 1. The molecule has 1 N–H and O–H groups in total. The molecule has 6 nitrogen and oxygen atoms in total. The molecule has 204 valence electrons. The molecule has 0 radical (unpaired) electrons. The van der Waals surface area contributed by atoms with Gasteiger partial charge in [0.1, 0.15) is 22.9 Å². The Morgan fingerprint density at radius 1 is 0.949 bits per heavy atom. The maximum Gasteiger partial charge on any atom is 0.295 e. The van der Waals surface area contributed by atoms with Crippen molar-refractivity contribution in [2.75, 3.05) is 0 Å². The molecule has 0 spiro atoms. The van der Waals surface area contributed by atoms with Gasteiger partial charge in [-0.2, -0.15) is 0 Å². The molecule has 1 aliphatic rings. The van der Waals surface area contributed by atoms with Crippen LogP contribution in [0.5, 0.6) is 11.5 Å². The van der Waals surface area contributed by atoms with Crippen LogP contribution >= 0.6 is 0 Å². The molecule has 3 aromatic carbocycles. The highest BCUT2D eigenvalue weighted by Crippen LogP contribution is 2.41. The minimum atomic E-state index is -0.764. The van der Waals surface area contributed by atoms with E-state index in [1.807, 2.05) is 97.0 Å². The van der Waals surface area contributed by atoms with Crippen molar-refractivity contribution in [3.8, 4) is 11.5 Å². The SMILES string of the molecule is Cc1cccc(C2/C(=C(/O)c3ccc(OC(C)C)c(C)c3)C(=O)C(=O)N2Cc2ccccc2OC(C)(C)C)c1. The van der Waals surface area contributed by atoms with E-state index in [1.54, 1.807) is 18.2 Å². The summed E-state index contributed by atoms with van der Waals surface area (Å²) in [7, 11) is 0. The van der Waals surface area contributed by atoms with E-state index in [4.69, 9.17) is 9.47 Å². The molecule has 3 aromatic rings. The van der Waals surface area contributed by atoms with E-state index in [9.17, 15) is 14.7 Å². The van der Waals surface area contributed by atoms with Gasteiger partial charge in [0.25, 0.3) is 11.7 Å². The maximum atomic E-state index is 13.5. The Kier molecular flexibility index (Phi) is 7.86. The number of Topliss-reactive ketones (excluding diaryl/α,β-unsaturated/α-hetero) is 1. The molecule has 1 aliphatic heterocycles. The third kappa shape index (κ3) is 6.17. The molecule has 39 heavy (non-hydrogen) atoms. The third-order valence-electron chi connectivity index (χ3n) is 6.44. The lowest BCUT2D eigenvalue weighted by Gasteiger charge is -2.28. The summed E-state index contributed by atoms with van der Waals surface area (Å²) in [6.07, 6.45) is -0.0000628. The fourth-order valence-corrected chi connectivity index (χ4v) is 4.82. The molecule has 0 aromatic heterocycles. The maximum absolute atomic E-state index is 13.5. The minimum Gasteiger partial charge on any atom is -0.507 e. The van der Waals surface area contributed by atoms with Crippen LogP contribution in [0.4, 0.5) is 0 Å². The topological polar surface area (TPSA) is 76.1 Å². The van der Waals surface area contributed by atoms with E-state index in [0.29, 0.717) is 17.1 Å². The van der Waals surface area contributed by atoms with Gasteiger partial charge >= 0.3 is 0 Å². The lowest BCUT2D eigenvalue weighted by Crippen LogP contribution is -2.30. The van der Waals surface area contributed by atoms with E-state index in [2.05, 4.69) is 0 Å². The molecule has 1 fully saturated rings. The first-order chi connectivity index (χ1) is 18.4. The van der Waals surface area contributed by atoms with Gasteiger partial charge in [0.15, 0.2) is 0 Å². The van der Waals surface area contributed by atoms with Crippen LogP contribution in [0.1, 0.15) is 68.5 Å². The van der Waals surface area contributed by atoms with E-state index < -0.39 is 23.3 Å². The number of likely N-dealkylation sites (tertiary alicyclic amines) is 1. The first-order valence-corrected chi connectivity index (χ1v) is 13.3. The normalized spacial score (nSPS) is 17.1. The van der Waals surface area contributed by atoms with Crippen LogP contribution in [0.15, 0.2) is 72.3 Å². The number of carbonyl (C=O) groups excluding carboxylic acids is 2. The highest BCUT2D eigenvalue weighted by atomic mass is 16.5. The largest absolute Gasteiger partial charge is 0.507 e. The van der Waals surface area contributed by atoms with Crippen molar-refractivity contribution in [1.82, 2.24) is 4.90 Å². The van der Waals surface area contributed by atoms with Crippen molar-refractivity contribution in [3.63, 3.8) is 0 Å². The number of nitrogens with zero attached hydrogens (tertiary/aromatic N) is 1. The van der Waals surface area contributed by atoms with E-state index >= 15 is 0 Å². The lowest BCUT2D eigenvalue weighted by molar-refractivity contribution is -0.140. The van der Waals surface area contributed by atoms with Gasteiger partial charge in [-0.1, -0.05) is 48.0 Å². The van der Waals surface area contributed by atoms with Crippen LogP contribution < -0.4 is 9.47 Å². The van der Waals surface area contributed by atoms with E-state index in [0.717, 1.165) is 22.3 Å². The zero-order valence-electron chi connectivity index (χ0n) is 23.7. The fourth-order valence-electron chi connectivity index (χ4n) is 4.82. The van der Waals surface area contributed by atoms with Gasteiger partial charge in [-0.15, -0.1) is 0 Å². The summed E-state index contributed by atoms with van der Waals surface area (Å²) >= 11 is 0. The first-order valence-electron chi connectivity index (χ1n) is 13.3. The number of rotatable bonds is 7. The summed E-state index contributed by atoms with van der Waals surface area (Å²) < 4.78 is 12.0. The highest BCUT2D eigenvalue weighted by molar-refractivity contribution is 6.46. The van der Waals surface area contributed by atoms with Gasteiger partial charge in [0.2, 0.25) is 0 Å². The van der Waals surface area contributed by atoms with Gasteiger partial charge in [0.05, 0.1) is 24.3 Å². The number of ketones is 1. The molecule has 4 rings (SSSR count). The monoisotopic (exact) mass is 527 g/mol. The van der Waals surface area contributed by atoms with Gasteiger partial charge < -0.3 is 19.5 Å². The lowest BCUT2D eigenvalue weighted by atomic mass is 9.94. The van der Waals surface area contributed by atoms with Crippen molar-refractivity contribution >= 4 is 17.4 Å². The van der Waals surface area contributed by atoms with Crippen molar-refractivity contribution in [1.29, 1.82) is 0 Å². The first kappa shape index (κ1) is 28.0. The predicted octanol–water partition coefficient (Wildman–Crippen LogP) is 6.89. The molecule has 0 aliphatic carbocycles. The number of ether oxygens (including phenoxy) is 2. The quantitative estimate of drug-likeness (QED) is 0.206. The average Bonchev–Trinajstić information content (AvgIpc) is 3.10. The summed E-state index contributed by atoms with van der Waals surface area (Å²) in [4.78, 5) is 28.6. The Balaban J connectivity index is 1.83. The smallest absolute Gasteiger partial charge is 0.295 e. The van der Waals surface area contributed by atoms with Gasteiger partial charge in [0, 0.05) is 11.1 Å². The number of aliphatic hydroxyl groups excluding tert-OH is 1. The number of amides is 1. The number of hydrogen-bond acceptors (Lipinski definition) is 5. The van der Waals surface area contributed by atoms with Crippen molar-refractivity contribution in [2.45, 2.75) is 72.8 Å². The molecule has 0 bridgehead atoms. The fraction of sp³-hybridized carbons (Fsp3) is 0.333. The molecule has 6 heteroatoms. The van der Waals surface area contributed by atoms with Crippen molar-refractivity contribution in [2.24, 2.45) is 0 Å². The Bertz CT molecular complexity index is 1430. The second-order valence-electron chi connectivity index (χ2n) is 11.3. The molecule has 1 saturated heterocycles. The number of aryl methyl sites for hydroxylation is 2. The van der Waals surface area contributed by atoms with Crippen molar-refractivity contribution < 1.29 is 24.2 Å². The number of benzene rings is 3. The molecule has 0 saturated carbocycles. The van der Waals surface area contributed by atoms with Crippen molar-refractivity contribution in [3.05, 3.63) is 100 Å². The minimum absolute atomic E-state index is 0.0000628. The van der Waals surface area contributed by atoms with E-state index in [-0.39, 0.29) is 24.0 Å². The van der Waals surface area contributed by atoms with Crippen LogP contribution in [0.25, 0.3) is 5.76 Å². The summed E-state index contributed by atoms with van der Waals surface area (Å²) in [6, 6.07) is 19.7. The van der Waals surface area contributed by atoms with Crippen LogP contribution in [-0.2, 0) is 16.1 Å². The second-order valence-corrected chi connectivity index (χ2v) is 11.3. The van der Waals surface area contributed by atoms with Gasteiger partial charge in [-0.3, -0.25) is 9.59 Å². The summed E-state index contributed by atoms with van der Waals surface area (Å²) in [6.45, 7) is 13.8. The molecule has 1 atom stereocenters. The molecule has 1 unspecified atom stereocenters. The van der Waals surface area contributed by atoms with Crippen LogP contribution in [0.3, 0.4) is 0 Å². The second kappa shape index (κ2) is 11.0.